The third-order valence-corrected chi connectivity index (χ3v) is 5.29. The molecule has 0 aliphatic carbocycles. The number of aromatic nitrogens is 2. The lowest BCUT2D eigenvalue weighted by atomic mass is 10.1. The van der Waals surface area contributed by atoms with Crippen molar-refractivity contribution in [3.63, 3.8) is 0 Å². The topological polar surface area (TPSA) is 27.1 Å². The van der Waals surface area contributed by atoms with Gasteiger partial charge in [0.15, 0.2) is 0 Å². The number of imidazole rings is 1. The lowest BCUT2D eigenvalue weighted by Gasteiger charge is -2.18. The van der Waals surface area contributed by atoms with E-state index in [0.717, 1.165) is 12.1 Å². The Hall–Kier alpha value is -1.53. The zero-order valence-corrected chi connectivity index (χ0v) is 16.2. The first-order chi connectivity index (χ1) is 12.1. The van der Waals surface area contributed by atoms with Gasteiger partial charge >= 0.3 is 0 Å². The lowest BCUT2D eigenvalue weighted by Crippen LogP contribution is -2.10. The number of hydrogen-bond donors (Lipinski definition) is 0. The molecule has 1 heterocycles. The van der Waals surface area contributed by atoms with Gasteiger partial charge in [-0.05, 0) is 54.2 Å². The van der Waals surface area contributed by atoms with Crippen molar-refractivity contribution in [3.05, 3.63) is 82.9 Å². The molecule has 3 nitrogen and oxygen atoms in total. The summed E-state index contributed by atoms with van der Waals surface area (Å²) < 4.78 is 8.21. The molecule has 1 atom stereocenters. The predicted octanol–water partition coefficient (Wildman–Crippen LogP) is 6.03. The second-order valence-electron chi connectivity index (χ2n) is 5.22. The summed E-state index contributed by atoms with van der Waals surface area (Å²) in [7, 11) is 0. The van der Waals surface area contributed by atoms with Crippen molar-refractivity contribution in [2.24, 2.45) is 0 Å². The monoisotopic (exact) mass is 408 g/mol. The fourth-order valence-electron chi connectivity index (χ4n) is 2.21. The number of thioether (sulfide) groups is 1. The van der Waals surface area contributed by atoms with E-state index in [4.69, 9.17) is 40.2 Å². The van der Waals surface area contributed by atoms with Crippen molar-refractivity contribution >= 4 is 51.6 Å². The fraction of sp³-hybridized carbons (Fsp3) is 0.111. The third-order valence-electron chi connectivity index (χ3n) is 3.43. The first kappa shape index (κ1) is 18.3. The number of hydrogen-bond acceptors (Lipinski definition) is 4. The normalized spacial score (nSPS) is 11.9. The summed E-state index contributed by atoms with van der Waals surface area (Å²) >= 11 is 18.8. The summed E-state index contributed by atoms with van der Waals surface area (Å²) in [5, 5.41) is 1.44. The van der Waals surface area contributed by atoms with Crippen molar-refractivity contribution in [3.8, 4) is 5.75 Å². The van der Waals surface area contributed by atoms with Gasteiger partial charge in [-0.15, -0.1) is 0 Å². The number of benzene rings is 2. The Balaban J connectivity index is 1.73. The molecule has 0 saturated heterocycles. The summed E-state index contributed by atoms with van der Waals surface area (Å²) in [4.78, 5) is 4.09. The second-order valence-corrected chi connectivity index (χ2v) is 7.90. The van der Waals surface area contributed by atoms with Crippen LogP contribution < -0.4 is 4.74 Å². The van der Waals surface area contributed by atoms with Gasteiger partial charge in [0.25, 0.3) is 0 Å². The van der Waals surface area contributed by atoms with Crippen LogP contribution in [-0.2, 0) is 6.54 Å². The number of nitrogens with zero attached hydrogens (tertiary/aromatic N) is 2. The van der Waals surface area contributed by atoms with Gasteiger partial charge in [-0.1, -0.05) is 47.1 Å². The third kappa shape index (κ3) is 5.47. The van der Waals surface area contributed by atoms with Gasteiger partial charge < -0.3 is 9.30 Å². The molecular weight excluding hydrogens is 395 g/mol. The van der Waals surface area contributed by atoms with Crippen LogP contribution in [0.15, 0.2) is 67.3 Å². The van der Waals surface area contributed by atoms with Gasteiger partial charge in [0, 0.05) is 29.0 Å². The molecule has 0 radical (unpaired) electrons. The van der Waals surface area contributed by atoms with Crippen LogP contribution in [0.2, 0.25) is 10.0 Å². The maximum atomic E-state index is 6.00. The first-order valence-corrected chi connectivity index (χ1v) is 9.50. The predicted molar refractivity (Wildman–Crippen MR) is 109 cm³/mol. The van der Waals surface area contributed by atoms with Gasteiger partial charge in [-0.25, -0.2) is 4.98 Å². The van der Waals surface area contributed by atoms with Crippen LogP contribution in [0.4, 0.5) is 0 Å². The summed E-state index contributed by atoms with van der Waals surface area (Å²) in [6.45, 7) is 0.719. The molecular formula is C18H14Cl2N2OS2. The Bertz CT molecular complexity index is 821. The van der Waals surface area contributed by atoms with Crippen LogP contribution in [-0.4, -0.2) is 13.9 Å². The van der Waals surface area contributed by atoms with Crippen molar-refractivity contribution in [1.29, 1.82) is 0 Å². The second kappa shape index (κ2) is 8.72. The van der Waals surface area contributed by atoms with Gasteiger partial charge in [-0.2, -0.15) is 0 Å². The number of ether oxygens (including phenoxy) is 1. The molecule has 7 heteroatoms. The maximum Gasteiger partial charge on any atom is 0.226 e. The molecule has 0 aliphatic rings. The van der Waals surface area contributed by atoms with E-state index >= 15 is 0 Å². The highest BCUT2D eigenvalue weighted by molar-refractivity contribution is 8.22. The van der Waals surface area contributed by atoms with Gasteiger partial charge in [-0.3, -0.25) is 0 Å². The van der Waals surface area contributed by atoms with Crippen LogP contribution in [0.25, 0.3) is 0 Å². The minimum absolute atomic E-state index is 0.0752. The SMILES string of the molecule is S=C(Oc1ccc(Cl)cc1)SC(Cn1ccnc1)c1ccc(Cl)cc1. The molecule has 0 aliphatic heterocycles. The zero-order chi connectivity index (χ0) is 17.6. The number of thiocarbonyl (C=S) groups is 1. The smallest absolute Gasteiger partial charge is 0.226 e. The van der Waals surface area contributed by atoms with E-state index < -0.39 is 0 Å². The molecule has 3 rings (SSSR count). The lowest BCUT2D eigenvalue weighted by molar-refractivity contribution is 0.578. The molecule has 1 aromatic heterocycles. The van der Waals surface area contributed by atoms with Gasteiger partial charge in [0.1, 0.15) is 5.75 Å². The molecule has 0 amide bonds. The van der Waals surface area contributed by atoms with E-state index in [1.807, 2.05) is 35.0 Å². The standard InChI is InChI=1S/C18H14Cl2N2OS2/c19-14-3-1-13(2-4-14)17(11-22-10-9-21-12-22)25-18(24)23-16-7-5-15(20)6-8-16/h1-10,12,17H,11H2. The Morgan fingerprint density at radius 1 is 1.08 bits per heavy atom. The molecule has 0 saturated carbocycles. The highest BCUT2D eigenvalue weighted by Crippen LogP contribution is 2.33. The fourth-order valence-corrected chi connectivity index (χ4v) is 3.83. The quantitative estimate of drug-likeness (QED) is 0.481. The van der Waals surface area contributed by atoms with Crippen LogP contribution in [0.5, 0.6) is 5.75 Å². The largest absolute Gasteiger partial charge is 0.440 e. The molecule has 0 fully saturated rings. The highest BCUT2D eigenvalue weighted by atomic mass is 35.5. The van der Waals surface area contributed by atoms with Crippen molar-refractivity contribution in [2.75, 3.05) is 0 Å². The van der Waals surface area contributed by atoms with Gasteiger partial charge in [0.2, 0.25) is 4.38 Å². The van der Waals surface area contributed by atoms with E-state index in [1.165, 1.54) is 11.8 Å². The molecule has 0 N–H and O–H groups in total. The van der Waals surface area contributed by atoms with Crippen molar-refractivity contribution in [1.82, 2.24) is 9.55 Å². The van der Waals surface area contributed by atoms with Crippen LogP contribution >= 0.6 is 47.2 Å². The molecule has 1 unspecified atom stereocenters. The highest BCUT2D eigenvalue weighted by Gasteiger charge is 2.17. The Morgan fingerprint density at radius 3 is 2.32 bits per heavy atom. The van der Waals surface area contributed by atoms with Crippen molar-refractivity contribution < 1.29 is 4.74 Å². The Morgan fingerprint density at radius 2 is 1.72 bits per heavy atom. The average Bonchev–Trinajstić information content (AvgIpc) is 3.10. The molecule has 25 heavy (non-hydrogen) atoms. The minimum Gasteiger partial charge on any atom is -0.440 e. The Kier molecular flexibility index (Phi) is 6.37. The molecule has 128 valence electrons. The first-order valence-electron chi connectivity index (χ1n) is 7.45. The van der Waals surface area contributed by atoms with Crippen molar-refractivity contribution in [2.45, 2.75) is 11.8 Å². The van der Waals surface area contributed by atoms with E-state index in [9.17, 15) is 0 Å². The summed E-state index contributed by atoms with van der Waals surface area (Å²) in [6.07, 6.45) is 5.46. The molecule has 2 aromatic carbocycles. The minimum atomic E-state index is 0.0752. The molecule has 0 bridgehead atoms. The van der Waals surface area contributed by atoms with Crippen LogP contribution in [0.1, 0.15) is 10.8 Å². The zero-order valence-electron chi connectivity index (χ0n) is 13.0. The van der Waals surface area contributed by atoms with E-state index in [-0.39, 0.29) is 5.25 Å². The van der Waals surface area contributed by atoms with Gasteiger partial charge in [0.05, 0.1) is 11.6 Å². The molecule has 0 spiro atoms. The molecule has 3 aromatic rings. The number of rotatable bonds is 5. The summed E-state index contributed by atoms with van der Waals surface area (Å²) in [5.41, 5.74) is 1.12. The maximum absolute atomic E-state index is 6.00. The summed E-state index contributed by atoms with van der Waals surface area (Å²) in [6, 6.07) is 14.9. The van der Waals surface area contributed by atoms with E-state index in [2.05, 4.69) is 4.98 Å². The van der Waals surface area contributed by atoms with E-state index in [1.54, 1.807) is 36.8 Å². The van der Waals surface area contributed by atoms with Crippen LogP contribution in [0, 0.1) is 0 Å². The van der Waals surface area contributed by atoms with E-state index in [0.29, 0.717) is 20.2 Å². The Labute approximate surface area is 165 Å². The van der Waals surface area contributed by atoms with Crippen LogP contribution in [0.3, 0.4) is 0 Å². The average molecular weight is 409 g/mol. The summed E-state index contributed by atoms with van der Waals surface area (Å²) in [5.74, 6) is 0.666. The number of halogens is 2.